The molecule has 1 aromatic carbocycles. The van der Waals surface area contributed by atoms with E-state index in [0.29, 0.717) is 6.54 Å². The molecule has 0 saturated heterocycles. The summed E-state index contributed by atoms with van der Waals surface area (Å²) in [4.78, 5) is 14.4. The van der Waals surface area contributed by atoms with E-state index in [2.05, 4.69) is 5.32 Å². The highest BCUT2D eigenvalue weighted by Gasteiger charge is 2.38. The molecule has 33 heavy (non-hydrogen) atoms. The predicted octanol–water partition coefficient (Wildman–Crippen LogP) is 3.07. The van der Waals surface area contributed by atoms with Crippen molar-refractivity contribution in [3.63, 3.8) is 0 Å². The van der Waals surface area contributed by atoms with Crippen molar-refractivity contribution >= 4 is 22.1 Å². The van der Waals surface area contributed by atoms with Crippen LogP contribution in [0.5, 0.6) is 5.75 Å². The first-order valence-corrected chi connectivity index (χ1v) is 13.2. The molecule has 1 fully saturated rings. The number of benzene rings is 1. The van der Waals surface area contributed by atoms with E-state index >= 15 is 0 Å². The molecule has 0 bridgehead atoms. The number of fused-ring (bicyclic) bond motifs is 1. The minimum absolute atomic E-state index is 0.0750. The summed E-state index contributed by atoms with van der Waals surface area (Å²) in [6, 6.07) is 4.51. The first kappa shape index (κ1) is 25.5. The van der Waals surface area contributed by atoms with Gasteiger partial charge >= 0.3 is 6.03 Å². The number of amides is 2. The SMILES string of the molecule is C/C=C/c1ccc2c(c1)O[C@@H](CN(C)C(=O)NC1CCCC1)[C@H](C)CN([C@H](C)CO)S2(=O)=O. The van der Waals surface area contributed by atoms with Crippen molar-refractivity contribution in [1.82, 2.24) is 14.5 Å². The number of nitrogens with zero attached hydrogens (tertiary/aromatic N) is 2. The van der Waals surface area contributed by atoms with Crippen LogP contribution in [0, 0.1) is 5.92 Å². The van der Waals surface area contributed by atoms with Gasteiger partial charge in [-0.3, -0.25) is 0 Å². The van der Waals surface area contributed by atoms with Crippen LogP contribution in [0.2, 0.25) is 0 Å². The summed E-state index contributed by atoms with van der Waals surface area (Å²) in [5.74, 6) is 0.0518. The van der Waals surface area contributed by atoms with E-state index in [9.17, 15) is 18.3 Å². The molecule has 1 saturated carbocycles. The lowest BCUT2D eigenvalue weighted by Gasteiger charge is -2.37. The zero-order valence-electron chi connectivity index (χ0n) is 20.0. The molecule has 0 radical (unpaired) electrons. The molecular formula is C24H37N3O5S. The topological polar surface area (TPSA) is 99.2 Å². The number of aliphatic hydroxyl groups excluding tert-OH is 1. The Morgan fingerprint density at radius 2 is 2.06 bits per heavy atom. The number of hydrogen-bond donors (Lipinski definition) is 2. The molecule has 2 N–H and O–H groups in total. The van der Waals surface area contributed by atoms with Crippen LogP contribution < -0.4 is 10.1 Å². The standard InChI is InChI=1S/C24H37N3O5S/c1-5-8-19-11-12-23-21(13-19)32-22(15-26(4)24(29)25-20-9-6-7-10-20)17(2)14-27(18(3)16-28)33(23,30)31/h5,8,11-13,17-18,20,22,28H,6-7,9-10,14-16H2,1-4H3,(H,25,29)/b8-5+/t17-,18-,22+/m1/s1. The molecule has 0 unspecified atom stereocenters. The summed E-state index contributed by atoms with van der Waals surface area (Å²) >= 11 is 0. The van der Waals surface area contributed by atoms with E-state index in [1.807, 2.05) is 26.0 Å². The number of carbonyl (C=O) groups excluding carboxylic acids is 1. The Hall–Kier alpha value is -2.10. The van der Waals surface area contributed by atoms with Crippen LogP contribution in [0.15, 0.2) is 29.2 Å². The van der Waals surface area contributed by atoms with Gasteiger partial charge < -0.3 is 20.1 Å². The second-order valence-corrected chi connectivity index (χ2v) is 11.1. The minimum Gasteiger partial charge on any atom is -0.487 e. The number of hydrogen-bond acceptors (Lipinski definition) is 5. The fourth-order valence-corrected chi connectivity index (χ4v) is 6.29. The van der Waals surface area contributed by atoms with E-state index in [0.717, 1.165) is 31.2 Å². The van der Waals surface area contributed by atoms with Gasteiger partial charge in [-0.2, -0.15) is 4.31 Å². The molecule has 9 heteroatoms. The molecule has 1 aromatic rings. The average Bonchev–Trinajstić information content (AvgIpc) is 3.28. The van der Waals surface area contributed by atoms with Crippen LogP contribution in [0.1, 0.15) is 52.0 Å². The predicted molar refractivity (Wildman–Crippen MR) is 129 cm³/mol. The summed E-state index contributed by atoms with van der Waals surface area (Å²) in [6.45, 7) is 5.71. The summed E-state index contributed by atoms with van der Waals surface area (Å²) < 4.78 is 34.6. The second kappa shape index (κ2) is 10.9. The van der Waals surface area contributed by atoms with E-state index in [1.165, 1.54) is 4.31 Å². The lowest BCUT2D eigenvalue weighted by Crippen LogP contribution is -2.51. The lowest BCUT2D eigenvalue weighted by atomic mass is 10.0. The van der Waals surface area contributed by atoms with E-state index in [4.69, 9.17) is 4.74 Å². The molecule has 2 amide bonds. The number of carbonyl (C=O) groups is 1. The van der Waals surface area contributed by atoms with Crippen molar-refractivity contribution in [2.75, 3.05) is 26.7 Å². The van der Waals surface area contributed by atoms with Crippen molar-refractivity contribution in [2.24, 2.45) is 5.92 Å². The fraction of sp³-hybridized carbons (Fsp3) is 0.625. The molecule has 184 valence electrons. The monoisotopic (exact) mass is 479 g/mol. The fourth-order valence-electron chi connectivity index (χ4n) is 4.46. The maximum Gasteiger partial charge on any atom is 0.317 e. The molecule has 3 atom stereocenters. The van der Waals surface area contributed by atoms with Gasteiger partial charge in [-0.15, -0.1) is 0 Å². The van der Waals surface area contributed by atoms with Crippen LogP contribution in [0.25, 0.3) is 6.08 Å². The maximum atomic E-state index is 13.5. The molecule has 2 aliphatic rings. The summed E-state index contributed by atoms with van der Waals surface area (Å²) in [5.41, 5.74) is 0.826. The van der Waals surface area contributed by atoms with E-state index in [1.54, 1.807) is 37.1 Å². The van der Waals surface area contributed by atoms with E-state index < -0.39 is 22.2 Å². The third kappa shape index (κ3) is 5.88. The average molecular weight is 480 g/mol. The normalized spacial score (nSPS) is 24.5. The van der Waals surface area contributed by atoms with Crippen LogP contribution in [0.3, 0.4) is 0 Å². The Labute approximate surface area is 197 Å². The lowest BCUT2D eigenvalue weighted by molar-refractivity contribution is 0.0808. The number of likely N-dealkylation sites (N-methyl/N-ethyl adjacent to an activating group) is 1. The van der Waals surface area contributed by atoms with Gasteiger partial charge in [0.05, 0.1) is 13.2 Å². The first-order chi connectivity index (χ1) is 15.7. The molecule has 0 spiro atoms. The van der Waals surface area contributed by atoms with Crippen LogP contribution in [-0.4, -0.2) is 73.7 Å². The number of urea groups is 1. The number of rotatable bonds is 6. The van der Waals surface area contributed by atoms with Crippen LogP contribution in [-0.2, 0) is 10.0 Å². The molecule has 0 aromatic heterocycles. The Morgan fingerprint density at radius 1 is 1.36 bits per heavy atom. The summed E-state index contributed by atoms with van der Waals surface area (Å²) in [6.07, 6.45) is 7.61. The second-order valence-electron chi connectivity index (χ2n) is 9.26. The largest absolute Gasteiger partial charge is 0.487 e. The van der Waals surface area contributed by atoms with Gasteiger partial charge in [0.2, 0.25) is 10.0 Å². The summed E-state index contributed by atoms with van der Waals surface area (Å²) in [5, 5.41) is 12.8. The van der Waals surface area contributed by atoms with Gasteiger partial charge in [-0.05, 0) is 44.4 Å². The number of ether oxygens (including phenoxy) is 1. The third-order valence-corrected chi connectivity index (χ3v) is 8.55. The van der Waals surface area contributed by atoms with Crippen molar-refractivity contribution in [3.05, 3.63) is 29.8 Å². The Kier molecular flexibility index (Phi) is 8.42. The zero-order valence-corrected chi connectivity index (χ0v) is 20.8. The smallest absolute Gasteiger partial charge is 0.317 e. The molecule has 1 aliphatic carbocycles. The Morgan fingerprint density at radius 3 is 2.70 bits per heavy atom. The van der Waals surface area contributed by atoms with Gasteiger partial charge in [0.25, 0.3) is 0 Å². The van der Waals surface area contributed by atoms with Crippen molar-refractivity contribution in [1.29, 1.82) is 0 Å². The molecule has 3 rings (SSSR count). The van der Waals surface area contributed by atoms with Gasteiger partial charge in [0.15, 0.2) is 0 Å². The quantitative estimate of drug-likeness (QED) is 0.653. The molecular weight excluding hydrogens is 442 g/mol. The van der Waals surface area contributed by atoms with E-state index in [-0.39, 0.29) is 41.8 Å². The number of sulfonamides is 1. The number of nitrogens with one attached hydrogen (secondary N) is 1. The van der Waals surface area contributed by atoms with Crippen molar-refractivity contribution < 1.29 is 23.1 Å². The highest BCUT2D eigenvalue weighted by Crippen LogP contribution is 2.34. The van der Waals surface area contributed by atoms with Crippen molar-refractivity contribution in [3.8, 4) is 5.75 Å². The third-order valence-electron chi connectivity index (χ3n) is 6.53. The van der Waals surface area contributed by atoms with Crippen LogP contribution in [0.4, 0.5) is 4.79 Å². The number of aliphatic hydroxyl groups is 1. The number of allylic oxidation sites excluding steroid dienone is 1. The molecule has 8 nitrogen and oxygen atoms in total. The maximum absolute atomic E-state index is 13.5. The molecule has 1 aliphatic heterocycles. The van der Waals surface area contributed by atoms with Gasteiger partial charge in [0.1, 0.15) is 16.7 Å². The first-order valence-electron chi connectivity index (χ1n) is 11.7. The highest BCUT2D eigenvalue weighted by molar-refractivity contribution is 7.89. The van der Waals surface area contributed by atoms with Gasteiger partial charge in [0, 0.05) is 31.6 Å². The van der Waals surface area contributed by atoms with Crippen molar-refractivity contribution in [2.45, 2.75) is 69.5 Å². The summed E-state index contributed by atoms with van der Waals surface area (Å²) in [7, 11) is -2.13. The Bertz CT molecular complexity index is 959. The van der Waals surface area contributed by atoms with Crippen LogP contribution >= 0.6 is 0 Å². The van der Waals surface area contributed by atoms with Gasteiger partial charge in [-0.25, -0.2) is 13.2 Å². The molecule has 1 heterocycles. The highest BCUT2D eigenvalue weighted by atomic mass is 32.2. The zero-order chi connectivity index (χ0) is 24.2. The minimum atomic E-state index is -3.87. The Balaban J connectivity index is 1.92. The van der Waals surface area contributed by atoms with Gasteiger partial charge in [-0.1, -0.05) is 38.0 Å².